The van der Waals surface area contributed by atoms with Crippen LogP contribution in [-0.2, 0) is 4.79 Å². The van der Waals surface area contributed by atoms with Crippen LogP contribution >= 0.6 is 0 Å². The summed E-state index contributed by atoms with van der Waals surface area (Å²) in [6.45, 7) is 0. The summed E-state index contributed by atoms with van der Waals surface area (Å²) < 4.78 is 0. The molecular formula is C7H14N2O2. The number of carbonyl (C=O) groups excluding carboxylic acids is 1. The molecule has 4 nitrogen and oxygen atoms in total. The first-order valence-electron chi connectivity index (χ1n) is 4.03. The van der Waals surface area contributed by atoms with Crippen LogP contribution in [0.5, 0.6) is 0 Å². The molecule has 1 amide bonds. The van der Waals surface area contributed by atoms with E-state index in [9.17, 15) is 4.79 Å². The third-order valence-corrected chi connectivity index (χ3v) is 2.16. The Morgan fingerprint density at radius 2 is 1.91 bits per heavy atom. The number of hydrogen-bond donors (Lipinski definition) is 3. The maximum Gasteiger partial charge on any atom is 0.238 e. The molecule has 1 saturated carbocycles. The van der Waals surface area contributed by atoms with Crippen molar-refractivity contribution in [2.75, 3.05) is 0 Å². The van der Waals surface area contributed by atoms with E-state index in [1.807, 2.05) is 0 Å². The van der Waals surface area contributed by atoms with Crippen molar-refractivity contribution >= 4 is 5.91 Å². The average Bonchev–Trinajstić information content (AvgIpc) is 2.07. The van der Waals surface area contributed by atoms with Crippen molar-refractivity contribution in [2.24, 2.45) is 5.92 Å². The van der Waals surface area contributed by atoms with Gasteiger partial charge in [0.25, 0.3) is 0 Å². The summed E-state index contributed by atoms with van der Waals surface area (Å²) in [5.74, 6) is 0.00981. The smallest absolute Gasteiger partial charge is 0.238 e. The number of hydrogen-bond acceptors (Lipinski definition) is 3. The zero-order chi connectivity index (χ0) is 8.10. The first-order valence-corrected chi connectivity index (χ1v) is 4.03. The molecule has 0 atom stereocenters. The number of rotatable bonds is 2. The average molecular weight is 158 g/mol. The largest absolute Gasteiger partial charge is 0.297 e. The Bertz CT molecular complexity index is 132. The molecule has 0 aromatic rings. The normalized spacial score (nSPS) is 19.7. The van der Waals surface area contributed by atoms with Gasteiger partial charge in [0.2, 0.25) is 5.91 Å². The topological polar surface area (TPSA) is 61.4 Å². The lowest BCUT2D eigenvalue weighted by atomic mass is 9.89. The van der Waals surface area contributed by atoms with Crippen molar-refractivity contribution in [3.05, 3.63) is 0 Å². The molecule has 0 bridgehead atoms. The fourth-order valence-corrected chi connectivity index (χ4v) is 1.52. The first kappa shape index (κ1) is 8.49. The highest BCUT2D eigenvalue weighted by molar-refractivity contribution is 5.78. The molecule has 1 fully saturated rings. The van der Waals surface area contributed by atoms with E-state index < -0.39 is 0 Å². The Hall–Kier alpha value is -0.610. The summed E-state index contributed by atoms with van der Waals surface area (Å²) in [7, 11) is 0. The Labute approximate surface area is 65.9 Å². The van der Waals surface area contributed by atoms with Gasteiger partial charge in [0.15, 0.2) is 0 Å². The molecule has 64 valence electrons. The van der Waals surface area contributed by atoms with Gasteiger partial charge in [-0.1, -0.05) is 19.3 Å². The first-order chi connectivity index (χ1) is 5.34. The molecule has 1 aliphatic rings. The fraction of sp³-hybridized carbons (Fsp3) is 0.857. The Kier molecular flexibility index (Phi) is 3.32. The molecule has 0 unspecified atom stereocenters. The molecule has 0 heterocycles. The third kappa shape index (κ3) is 2.48. The maximum atomic E-state index is 11.1. The Morgan fingerprint density at radius 1 is 1.27 bits per heavy atom. The third-order valence-electron chi connectivity index (χ3n) is 2.16. The second-order valence-electron chi connectivity index (χ2n) is 2.94. The van der Waals surface area contributed by atoms with Gasteiger partial charge in [-0.25, -0.2) is 0 Å². The van der Waals surface area contributed by atoms with Crippen molar-refractivity contribution in [3.8, 4) is 0 Å². The van der Waals surface area contributed by atoms with E-state index in [1.54, 1.807) is 5.59 Å². The van der Waals surface area contributed by atoms with E-state index in [0.717, 1.165) is 25.7 Å². The molecule has 1 aliphatic carbocycles. The highest BCUT2D eigenvalue weighted by Gasteiger charge is 2.20. The number of amides is 1. The second kappa shape index (κ2) is 4.31. The highest BCUT2D eigenvalue weighted by Crippen LogP contribution is 2.23. The van der Waals surface area contributed by atoms with Crippen LogP contribution < -0.4 is 11.0 Å². The number of hydrazine groups is 1. The van der Waals surface area contributed by atoms with E-state index in [-0.39, 0.29) is 11.8 Å². The minimum absolute atomic E-state index is 0.0906. The van der Waals surface area contributed by atoms with Gasteiger partial charge in [-0.15, -0.1) is 5.59 Å². The van der Waals surface area contributed by atoms with E-state index in [1.165, 1.54) is 6.42 Å². The van der Waals surface area contributed by atoms with E-state index in [2.05, 4.69) is 5.43 Å². The lowest BCUT2D eigenvalue weighted by Gasteiger charge is -2.19. The quantitative estimate of drug-likeness (QED) is 0.515. The van der Waals surface area contributed by atoms with Gasteiger partial charge in [0.05, 0.1) is 0 Å². The molecule has 0 aromatic heterocycles. The fourth-order valence-electron chi connectivity index (χ4n) is 1.52. The van der Waals surface area contributed by atoms with Crippen LogP contribution in [0.1, 0.15) is 32.1 Å². The number of carbonyl (C=O) groups is 1. The van der Waals surface area contributed by atoms with Gasteiger partial charge < -0.3 is 0 Å². The molecule has 0 aliphatic heterocycles. The van der Waals surface area contributed by atoms with Crippen molar-refractivity contribution in [2.45, 2.75) is 32.1 Å². The molecule has 0 spiro atoms. The summed E-state index contributed by atoms with van der Waals surface area (Å²) in [5, 5.41) is 8.19. The second-order valence-corrected chi connectivity index (χ2v) is 2.94. The van der Waals surface area contributed by atoms with Crippen LogP contribution in [0.2, 0.25) is 0 Å². The Morgan fingerprint density at radius 3 is 2.45 bits per heavy atom. The summed E-state index contributed by atoms with van der Waals surface area (Å²) in [5.41, 5.74) is 3.85. The van der Waals surface area contributed by atoms with Crippen molar-refractivity contribution in [3.63, 3.8) is 0 Å². The van der Waals surface area contributed by atoms with Gasteiger partial charge in [0.1, 0.15) is 0 Å². The SMILES string of the molecule is O=C(NNO)C1CCCCC1. The molecular weight excluding hydrogens is 144 g/mol. The molecule has 11 heavy (non-hydrogen) atoms. The maximum absolute atomic E-state index is 11.1. The van der Waals surface area contributed by atoms with Crippen molar-refractivity contribution in [1.29, 1.82) is 0 Å². The molecule has 0 radical (unpaired) electrons. The van der Waals surface area contributed by atoms with E-state index in [4.69, 9.17) is 5.21 Å². The van der Waals surface area contributed by atoms with Gasteiger partial charge in [-0.05, 0) is 12.8 Å². The minimum atomic E-state index is -0.0906. The standard InChI is InChI=1S/C7H14N2O2/c10-7(8-9-11)6-4-2-1-3-5-6/h6,9,11H,1-5H2,(H,8,10). The molecule has 0 saturated heterocycles. The number of nitrogens with one attached hydrogen (secondary N) is 2. The predicted octanol–water partition coefficient (Wildman–Crippen LogP) is 0.577. The van der Waals surface area contributed by atoms with Crippen LogP contribution in [0.3, 0.4) is 0 Å². The van der Waals surface area contributed by atoms with Crippen molar-refractivity contribution in [1.82, 2.24) is 11.0 Å². The molecule has 4 heteroatoms. The Balaban J connectivity index is 2.27. The predicted molar refractivity (Wildman–Crippen MR) is 39.6 cm³/mol. The van der Waals surface area contributed by atoms with Crippen LogP contribution in [0.15, 0.2) is 0 Å². The zero-order valence-corrected chi connectivity index (χ0v) is 6.47. The van der Waals surface area contributed by atoms with Gasteiger partial charge in [-0.3, -0.25) is 15.4 Å². The molecule has 1 rings (SSSR count). The summed E-state index contributed by atoms with van der Waals surface area (Å²) in [6.07, 6.45) is 5.39. The van der Waals surface area contributed by atoms with Gasteiger partial charge in [0, 0.05) is 5.92 Å². The van der Waals surface area contributed by atoms with Crippen LogP contribution in [0, 0.1) is 5.92 Å². The van der Waals surface area contributed by atoms with Crippen LogP contribution in [0.4, 0.5) is 0 Å². The van der Waals surface area contributed by atoms with E-state index >= 15 is 0 Å². The monoisotopic (exact) mass is 158 g/mol. The molecule has 3 N–H and O–H groups in total. The van der Waals surface area contributed by atoms with Crippen LogP contribution in [-0.4, -0.2) is 11.1 Å². The molecule has 0 aromatic carbocycles. The minimum Gasteiger partial charge on any atom is -0.297 e. The zero-order valence-electron chi connectivity index (χ0n) is 6.47. The summed E-state index contributed by atoms with van der Waals surface area (Å²) in [6, 6.07) is 0. The lowest BCUT2D eigenvalue weighted by Crippen LogP contribution is -2.39. The summed E-state index contributed by atoms with van der Waals surface area (Å²) >= 11 is 0. The van der Waals surface area contributed by atoms with Gasteiger partial charge in [-0.2, -0.15) is 0 Å². The van der Waals surface area contributed by atoms with Gasteiger partial charge >= 0.3 is 0 Å². The van der Waals surface area contributed by atoms with E-state index in [0.29, 0.717) is 0 Å². The van der Waals surface area contributed by atoms with Crippen molar-refractivity contribution < 1.29 is 10.0 Å². The summed E-state index contributed by atoms with van der Waals surface area (Å²) in [4.78, 5) is 11.1. The lowest BCUT2D eigenvalue weighted by molar-refractivity contribution is -0.129. The van der Waals surface area contributed by atoms with Crippen LogP contribution in [0.25, 0.3) is 0 Å². The highest BCUT2D eigenvalue weighted by atomic mass is 16.5.